The first-order valence-corrected chi connectivity index (χ1v) is 7.37. The molecule has 0 aromatic heterocycles. The zero-order chi connectivity index (χ0) is 8.93. The fraction of sp³-hybridized carbons (Fsp3) is 1.00. The van der Waals surface area contributed by atoms with Gasteiger partial charge in [0.1, 0.15) is 0 Å². The molecule has 2 radical (unpaired) electrons. The molecule has 0 bridgehead atoms. The van der Waals surface area contributed by atoms with Crippen LogP contribution in [-0.2, 0) is 0 Å². The zero-order valence-corrected chi connectivity index (χ0v) is 10.6. The van der Waals surface area contributed by atoms with E-state index in [4.69, 9.17) is 0 Å². The molecule has 90 valence electrons. The second kappa shape index (κ2) is 8.31. The summed E-state index contributed by atoms with van der Waals surface area (Å²) in [4.78, 5) is 0. The Labute approximate surface area is 96.3 Å². The second-order valence-electron chi connectivity index (χ2n) is 4.84. The van der Waals surface area contributed by atoms with Crippen LogP contribution in [0.5, 0.6) is 0 Å². The van der Waals surface area contributed by atoms with Gasteiger partial charge in [0, 0.05) is 9.52 Å². The minimum atomic E-state index is 0. The molecule has 2 N–H and O–H groups in total. The summed E-state index contributed by atoms with van der Waals surface area (Å²) >= 11 is 0. The first-order chi connectivity index (χ1) is 6.45. The lowest BCUT2D eigenvalue weighted by atomic mass is 9.99. The van der Waals surface area contributed by atoms with Crippen LogP contribution in [0.15, 0.2) is 0 Å². The van der Waals surface area contributed by atoms with Gasteiger partial charge in [-0.15, -0.1) is 0 Å². The van der Waals surface area contributed by atoms with Crippen molar-refractivity contribution in [1.82, 2.24) is 0 Å². The van der Waals surface area contributed by atoms with E-state index in [9.17, 15) is 0 Å². The summed E-state index contributed by atoms with van der Waals surface area (Å²) in [6.07, 6.45) is 15.4. The topological polar surface area (TPSA) is 60.0 Å². The smallest absolute Gasteiger partial charge is 0.0448 e. The molecule has 2 fully saturated rings. The van der Waals surface area contributed by atoms with Crippen molar-refractivity contribution in [2.75, 3.05) is 0 Å². The average molecular weight is 228 g/mol. The van der Waals surface area contributed by atoms with Crippen LogP contribution in [0.2, 0.25) is 11.1 Å². The fourth-order valence-electron chi connectivity index (χ4n) is 2.87. The third-order valence-corrected chi connectivity index (χ3v) is 5.78. The number of rotatable bonds is 2. The van der Waals surface area contributed by atoms with Crippen LogP contribution in [-0.4, -0.2) is 20.5 Å². The van der Waals surface area contributed by atoms with Crippen molar-refractivity contribution in [3.63, 3.8) is 0 Å². The SMILES string of the molecule is C1CCC([Si]C2CCCCC2)CC1.[OH-].[OH-]. The van der Waals surface area contributed by atoms with E-state index in [2.05, 4.69) is 0 Å². The molecular weight excluding hydrogens is 204 g/mol. The van der Waals surface area contributed by atoms with E-state index in [1.54, 1.807) is 25.7 Å². The molecule has 15 heavy (non-hydrogen) atoms. The second-order valence-corrected chi connectivity index (χ2v) is 6.80. The van der Waals surface area contributed by atoms with Gasteiger partial charge in [0.05, 0.1) is 0 Å². The molecule has 2 nitrogen and oxygen atoms in total. The van der Waals surface area contributed by atoms with Crippen molar-refractivity contribution in [3.8, 4) is 0 Å². The molecule has 0 spiro atoms. The molecule has 2 saturated carbocycles. The highest BCUT2D eigenvalue weighted by atomic mass is 28.2. The maximum atomic E-state index is 1.56. The third-order valence-electron chi connectivity index (χ3n) is 3.68. The van der Waals surface area contributed by atoms with Crippen LogP contribution in [0.1, 0.15) is 64.2 Å². The minimum absolute atomic E-state index is 0. The van der Waals surface area contributed by atoms with Crippen LogP contribution in [0.3, 0.4) is 0 Å². The number of hydrogen-bond donors (Lipinski definition) is 0. The summed E-state index contributed by atoms with van der Waals surface area (Å²) in [7, 11) is 1.33. The first kappa shape index (κ1) is 15.1. The van der Waals surface area contributed by atoms with Gasteiger partial charge in [-0.1, -0.05) is 64.2 Å². The zero-order valence-electron chi connectivity index (χ0n) is 9.62. The van der Waals surface area contributed by atoms with Crippen LogP contribution < -0.4 is 0 Å². The summed E-state index contributed by atoms with van der Waals surface area (Å²) in [6, 6.07) is 0. The maximum absolute atomic E-state index is 1.56. The summed E-state index contributed by atoms with van der Waals surface area (Å²) in [5.41, 5.74) is 2.30. The Bertz CT molecular complexity index is 125. The van der Waals surface area contributed by atoms with Crippen molar-refractivity contribution in [2.24, 2.45) is 0 Å². The molecule has 0 saturated heterocycles. The average Bonchev–Trinajstić information content (AvgIpc) is 2.21. The van der Waals surface area contributed by atoms with E-state index in [0.29, 0.717) is 0 Å². The van der Waals surface area contributed by atoms with Gasteiger partial charge in [0.15, 0.2) is 0 Å². The van der Waals surface area contributed by atoms with Crippen LogP contribution >= 0.6 is 0 Å². The molecule has 0 amide bonds. The summed E-state index contributed by atoms with van der Waals surface area (Å²) in [6.45, 7) is 0. The van der Waals surface area contributed by atoms with Gasteiger partial charge in [-0.2, -0.15) is 0 Å². The van der Waals surface area contributed by atoms with E-state index in [0.717, 1.165) is 11.1 Å². The predicted octanol–water partition coefficient (Wildman–Crippen LogP) is 3.84. The molecular formula is C12H24O2Si-2. The molecule has 0 aliphatic heterocycles. The Kier molecular flexibility index (Phi) is 8.38. The normalized spacial score (nSPS) is 24.0. The van der Waals surface area contributed by atoms with Gasteiger partial charge >= 0.3 is 0 Å². The monoisotopic (exact) mass is 228 g/mol. The van der Waals surface area contributed by atoms with Gasteiger partial charge in [-0.05, 0) is 11.1 Å². The van der Waals surface area contributed by atoms with Crippen molar-refractivity contribution in [1.29, 1.82) is 0 Å². The minimum Gasteiger partial charge on any atom is -0.870 e. The quantitative estimate of drug-likeness (QED) is 0.674. The third kappa shape index (κ3) is 5.14. The lowest BCUT2D eigenvalue weighted by Crippen LogP contribution is -2.16. The van der Waals surface area contributed by atoms with Crippen molar-refractivity contribution in [3.05, 3.63) is 0 Å². The Morgan fingerprint density at radius 1 is 0.533 bits per heavy atom. The van der Waals surface area contributed by atoms with E-state index in [1.807, 2.05) is 0 Å². The lowest BCUT2D eigenvalue weighted by Gasteiger charge is -2.27. The Morgan fingerprint density at radius 3 is 1.20 bits per heavy atom. The van der Waals surface area contributed by atoms with Crippen LogP contribution in [0.4, 0.5) is 0 Å². The Morgan fingerprint density at radius 2 is 0.867 bits per heavy atom. The molecule has 0 unspecified atom stereocenters. The van der Waals surface area contributed by atoms with Crippen molar-refractivity contribution >= 4 is 9.52 Å². The molecule has 2 aliphatic rings. The highest BCUT2D eigenvalue weighted by Crippen LogP contribution is 2.36. The fourth-order valence-corrected chi connectivity index (χ4v) is 5.02. The largest absolute Gasteiger partial charge is 0.870 e. The summed E-state index contributed by atoms with van der Waals surface area (Å²) < 4.78 is 0. The first-order valence-electron chi connectivity index (χ1n) is 6.21. The molecule has 0 atom stereocenters. The molecule has 0 aromatic carbocycles. The van der Waals surface area contributed by atoms with Crippen LogP contribution in [0.25, 0.3) is 0 Å². The summed E-state index contributed by atoms with van der Waals surface area (Å²) in [5.74, 6) is 0. The van der Waals surface area contributed by atoms with Gasteiger partial charge in [-0.3, -0.25) is 0 Å². The maximum Gasteiger partial charge on any atom is 0.0448 e. The molecule has 2 rings (SSSR count). The standard InChI is InChI=1S/C12H22Si.2H2O/c1-3-7-11(8-4-1)13-12-9-5-2-6-10-12;;/h11-12H,1-10H2;2*1H2/p-2. The predicted molar refractivity (Wildman–Crippen MR) is 63.3 cm³/mol. The molecule has 3 heteroatoms. The highest BCUT2D eigenvalue weighted by Gasteiger charge is 2.21. The summed E-state index contributed by atoms with van der Waals surface area (Å²) in [5, 5.41) is 0. The van der Waals surface area contributed by atoms with E-state index < -0.39 is 0 Å². The Balaban J connectivity index is 0.000000980. The van der Waals surface area contributed by atoms with Gasteiger partial charge in [0.25, 0.3) is 0 Å². The van der Waals surface area contributed by atoms with Crippen LogP contribution in [0, 0.1) is 0 Å². The van der Waals surface area contributed by atoms with Gasteiger partial charge in [0.2, 0.25) is 0 Å². The van der Waals surface area contributed by atoms with Gasteiger partial charge in [-0.25, -0.2) is 0 Å². The number of hydrogen-bond acceptors (Lipinski definition) is 2. The molecule has 0 aromatic rings. The highest BCUT2D eigenvalue weighted by molar-refractivity contribution is 6.39. The Hall–Kier alpha value is 0.137. The van der Waals surface area contributed by atoms with Crippen molar-refractivity contribution in [2.45, 2.75) is 75.3 Å². The molecule has 2 aliphatic carbocycles. The lowest BCUT2D eigenvalue weighted by molar-refractivity contribution is 0.470. The van der Waals surface area contributed by atoms with E-state index >= 15 is 0 Å². The van der Waals surface area contributed by atoms with E-state index in [-0.39, 0.29) is 11.0 Å². The van der Waals surface area contributed by atoms with E-state index in [1.165, 1.54) is 48.0 Å². The van der Waals surface area contributed by atoms with Gasteiger partial charge < -0.3 is 11.0 Å². The van der Waals surface area contributed by atoms with Crippen molar-refractivity contribution < 1.29 is 11.0 Å². The molecule has 0 heterocycles.